The first-order valence-electron chi connectivity index (χ1n) is 7.17. The first-order chi connectivity index (χ1) is 9.59. The zero-order valence-electron chi connectivity index (χ0n) is 11.4. The molecule has 2 aliphatic heterocycles. The van der Waals surface area contributed by atoms with Crippen LogP contribution >= 0.6 is 11.6 Å². The quantitative estimate of drug-likeness (QED) is 0.898. The topological polar surface area (TPSA) is 58.4 Å². The van der Waals surface area contributed by atoms with Gasteiger partial charge in [0.15, 0.2) is 0 Å². The molecule has 5 heteroatoms. The van der Waals surface area contributed by atoms with Crippen LogP contribution in [0.2, 0.25) is 5.02 Å². The van der Waals surface area contributed by atoms with Gasteiger partial charge in [-0.1, -0.05) is 17.7 Å². The molecular weight excluding hydrogens is 274 g/mol. The minimum absolute atomic E-state index is 0.260. The molecule has 20 heavy (non-hydrogen) atoms. The highest BCUT2D eigenvalue weighted by Gasteiger charge is 2.45. The summed E-state index contributed by atoms with van der Waals surface area (Å²) in [5.74, 6) is -0.260. The number of nitrogens with two attached hydrogens (primary N) is 1. The van der Waals surface area contributed by atoms with Gasteiger partial charge in [0, 0.05) is 23.3 Å². The molecular formula is C15H20ClN3O. The van der Waals surface area contributed by atoms with Crippen LogP contribution in [0, 0.1) is 0 Å². The average Bonchev–Trinajstić information content (AvgIpc) is 2.85. The van der Waals surface area contributed by atoms with Crippen molar-refractivity contribution in [2.45, 2.75) is 37.3 Å². The molecule has 0 aromatic heterocycles. The number of nitrogens with zero attached hydrogens (tertiary/aromatic N) is 1. The number of hydrogen-bond donors (Lipinski definition) is 2. The molecule has 2 atom stereocenters. The van der Waals surface area contributed by atoms with Gasteiger partial charge in [-0.15, -0.1) is 0 Å². The lowest BCUT2D eigenvalue weighted by atomic mass is 9.82. The zero-order valence-corrected chi connectivity index (χ0v) is 12.2. The Morgan fingerprint density at radius 2 is 2.30 bits per heavy atom. The van der Waals surface area contributed by atoms with E-state index in [0.29, 0.717) is 11.1 Å². The largest absolute Gasteiger partial charge is 0.371 e. The van der Waals surface area contributed by atoms with Crippen molar-refractivity contribution in [1.82, 2.24) is 4.90 Å². The van der Waals surface area contributed by atoms with Gasteiger partial charge in [0.05, 0.1) is 0 Å². The van der Waals surface area contributed by atoms with Crippen molar-refractivity contribution < 1.29 is 4.79 Å². The SMILES string of the molecule is NC(=O)C1(Nc2cccc(Cl)c2)CCN2CCCC2C1. The second-order valence-electron chi connectivity index (χ2n) is 5.87. The molecule has 0 bridgehead atoms. The molecule has 2 saturated heterocycles. The van der Waals surface area contributed by atoms with Gasteiger partial charge in [0.1, 0.15) is 5.54 Å². The van der Waals surface area contributed by atoms with E-state index in [1.807, 2.05) is 24.3 Å². The Bertz CT molecular complexity index is 522. The van der Waals surface area contributed by atoms with Crippen LogP contribution in [0.25, 0.3) is 0 Å². The number of rotatable bonds is 3. The molecule has 2 unspecified atom stereocenters. The van der Waals surface area contributed by atoms with Crippen LogP contribution in [0.4, 0.5) is 5.69 Å². The lowest BCUT2D eigenvalue weighted by molar-refractivity contribution is -0.124. The van der Waals surface area contributed by atoms with Gasteiger partial charge in [0.2, 0.25) is 5.91 Å². The van der Waals surface area contributed by atoms with E-state index in [9.17, 15) is 4.79 Å². The number of carbonyl (C=O) groups excluding carboxylic acids is 1. The molecule has 2 aliphatic rings. The van der Waals surface area contributed by atoms with Gasteiger partial charge in [-0.05, 0) is 50.4 Å². The third kappa shape index (κ3) is 2.50. The van der Waals surface area contributed by atoms with Crippen LogP contribution in [-0.2, 0) is 4.79 Å². The van der Waals surface area contributed by atoms with Crippen molar-refractivity contribution in [3.05, 3.63) is 29.3 Å². The fourth-order valence-electron chi connectivity index (χ4n) is 3.50. The van der Waals surface area contributed by atoms with E-state index in [1.165, 1.54) is 6.42 Å². The average molecular weight is 294 g/mol. The summed E-state index contributed by atoms with van der Waals surface area (Å²) in [5, 5.41) is 4.02. The second kappa shape index (κ2) is 5.26. The molecule has 2 fully saturated rings. The molecule has 4 nitrogen and oxygen atoms in total. The van der Waals surface area contributed by atoms with Crippen molar-refractivity contribution in [2.24, 2.45) is 5.73 Å². The minimum atomic E-state index is -0.643. The van der Waals surface area contributed by atoms with Crippen molar-refractivity contribution in [3.8, 4) is 0 Å². The number of piperidine rings is 1. The summed E-state index contributed by atoms with van der Waals surface area (Å²) in [4.78, 5) is 14.5. The maximum Gasteiger partial charge on any atom is 0.243 e. The third-order valence-corrected chi connectivity index (χ3v) is 4.82. The normalized spacial score (nSPS) is 29.9. The van der Waals surface area contributed by atoms with E-state index in [4.69, 9.17) is 17.3 Å². The van der Waals surface area contributed by atoms with Crippen molar-refractivity contribution in [1.29, 1.82) is 0 Å². The molecule has 0 spiro atoms. The first kappa shape index (κ1) is 13.7. The fourth-order valence-corrected chi connectivity index (χ4v) is 3.69. The summed E-state index contributed by atoms with van der Waals surface area (Å²) < 4.78 is 0. The van der Waals surface area contributed by atoms with Gasteiger partial charge >= 0.3 is 0 Å². The van der Waals surface area contributed by atoms with E-state index in [-0.39, 0.29) is 5.91 Å². The number of benzene rings is 1. The number of fused-ring (bicyclic) bond motifs is 1. The lowest BCUT2D eigenvalue weighted by Crippen LogP contribution is -2.59. The Morgan fingerprint density at radius 1 is 1.45 bits per heavy atom. The molecule has 2 heterocycles. The first-order valence-corrected chi connectivity index (χ1v) is 7.55. The maximum atomic E-state index is 12.1. The molecule has 0 aliphatic carbocycles. The minimum Gasteiger partial charge on any atom is -0.371 e. The fraction of sp³-hybridized carbons (Fsp3) is 0.533. The Morgan fingerprint density at radius 3 is 3.05 bits per heavy atom. The summed E-state index contributed by atoms with van der Waals surface area (Å²) in [6.07, 6.45) is 3.92. The van der Waals surface area contributed by atoms with Crippen LogP contribution in [0.3, 0.4) is 0 Å². The van der Waals surface area contributed by atoms with E-state index in [2.05, 4.69) is 10.2 Å². The van der Waals surface area contributed by atoms with E-state index >= 15 is 0 Å². The Hall–Kier alpha value is -1.26. The number of primary amides is 1. The summed E-state index contributed by atoms with van der Waals surface area (Å²) >= 11 is 6.01. The third-order valence-electron chi connectivity index (χ3n) is 4.59. The highest BCUT2D eigenvalue weighted by atomic mass is 35.5. The second-order valence-corrected chi connectivity index (χ2v) is 6.30. The standard InChI is InChI=1S/C15H20ClN3O/c16-11-3-1-4-12(9-11)18-15(14(17)20)6-8-19-7-2-5-13(19)10-15/h1,3-4,9,13,18H,2,5-8,10H2,(H2,17,20). The van der Waals surface area contributed by atoms with Gasteiger partial charge in [0.25, 0.3) is 0 Å². The predicted molar refractivity (Wildman–Crippen MR) is 80.8 cm³/mol. The smallest absolute Gasteiger partial charge is 0.243 e. The van der Waals surface area contributed by atoms with Crippen LogP contribution in [-0.4, -0.2) is 35.5 Å². The number of nitrogens with one attached hydrogen (secondary N) is 1. The summed E-state index contributed by atoms with van der Waals surface area (Å²) in [5.41, 5.74) is 5.94. The van der Waals surface area contributed by atoms with Crippen LogP contribution in [0.1, 0.15) is 25.7 Å². The maximum absolute atomic E-state index is 12.1. The van der Waals surface area contributed by atoms with Gasteiger partial charge in [-0.3, -0.25) is 4.79 Å². The number of anilines is 1. The number of carbonyl (C=O) groups is 1. The Balaban J connectivity index is 1.83. The summed E-state index contributed by atoms with van der Waals surface area (Å²) in [6, 6.07) is 7.95. The van der Waals surface area contributed by atoms with E-state index < -0.39 is 5.54 Å². The summed E-state index contributed by atoms with van der Waals surface area (Å²) in [7, 11) is 0. The Kier molecular flexibility index (Phi) is 3.61. The van der Waals surface area contributed by atoms with Crippen LogP contribution in [0.15, 0.2) is 24.3 Å². The van der Waals surface area contributed by atoms with Crippen molar-refractivity contribution in [2.75, 3.05) is 18.4 Å². The zero-order chi connectivity index (χ0) is 14.2. The van der Waals surface area contributed by atoms with Crippen molar-refractivity contribution >= 4 is 23.2 Å². The van der Waals surface area contributed by atoms with Crippen LogP contribution < -0.4 is 11.1 Å². The number of halogens is 1. The monoisotopic (exact) mass is 293 g/mol. The van der Waals surface area contributed by atoms with Gasteiger partial charge in [-0.2, -0.15) is 0 Å². The number of hydrogen-bond acceptors (Lipinski definition) is 3. The van der Waals surface area contributed by atoms with Gasteiger partial charge < -0.3 is 16.0 Å². The molecule has 1 aromatic carbocycles. The molecule has 1 amide bonds. The number of amides is 1. The Labute approximate surface area is 124 Å². The molecule has 0 radical (unpaired) electrons. The van der Waals surface area contributed by atoms with Crippen molar-refractivity contribution in [3.63, 3.8) is 0 Å². The summed E-state index contributed by atoms with van der Waals surface area (Å²) in [6.45, 7) is 2.08. The molecule has 108 valence electrons. The molecule has 0 saturated carbocycles. The lowest BCUT2D eigenvalue weighted by Gasteiger charge is -2.43. The van der Waals surface area contributed by atoms with Gasteiger partial charge in [-0.25, -0.2) is 0 Å². The van der Waals surface area contributed by atoms with Crippen LogP contribution in [0.5, 0.6) is 0 Å². The van der Waals surface area contributed by atoms with E-state index in [0.717, 1.165) is 38.0 Å². The molecule has 3 N–H and O–H groups in total. The molecule has 1 aromatic rings. The highest BCUT2D eigenvalue weighted by Crippen LogP contribution is 2.35. The predicted octanol–water partition coefficient (Wildman–Crippen LogP) is 2.23. The van der Waals surface area contributed by atoms with E-state index in [1.54, 1.807) is 0 Å². The molecule has 3 rings (SSSR count). The highest BCUT2D eigenvalue weighted by molar-refractivity contribution is 6.30.